The van der Waals surface area contributed by atoms with Crippen molar-refractivity contribution in [2.45, 2.75) is 39.2 Å². The van der Waals surface area contributed by atoms with E-state index in [4.69, 9.17) is 0 Å². The van der Waals surface area contributed by atoms with E-state index in [1.54, 1.807) is 25.2 Å². The standard InChI is InChI=1S/C13H29N3O3S/c1-5-6-7-14(4)20(18,19)16-10-8-15(9-11-16)12-13(2,3)17/h17H,5-12H2,1-4H3. The molecule has 6 nitrogen and oxygen atoms in total. The van der Waals surface area contributed by atoms with Gasteiger partial charge in [0, 0.05) is 46.3 Å². The van der Waals surface area contributed by atoms with E-state index in [1.807, 2.05) is 0 Å². The monoisotopic (exact) mass is 307 g/mol. The van der Waals surface area contributed by atoms with Crippen molar-refractivity contribution in [3.05, 3.63) is 0 Å². The van der Waals surface area contributed by atoms with Crippen molar-refractivity contribution in [2.75, 3.05) is 46.3 Å². The Bertz CT molecular complexity index is 384. The van der Waals surface area contributed by atoms with Gasteiger partial charge in [0.2, 0.25) is 0 Å². The molecule has 1 N–H and O–H groups in total. The fourth-order valence-corrected chi connectivity index (χ4v) is 3.74. The third-order valence-corrected chi connectivity index (χ3v) is 5.48. The van der Waals surface area contributed by atoms with Gasteiger partial charge in [0.05, 0.1) is 5.60 Å². The molecular weight excluding hydrogens is 278 g/mol. The number of piperazine rings is 1. The van der Waals surface area contributed by atoms with Gasteiger partial charge >= 0.3 is 0 Å². The fourth-order valence-electron chi connectivity index (χ4n) is 2.36. The van der Waals surface area contributed by atoms with Crippen LogP contribution in [0.1, 0.15) is 33.6 Å². The number of aliphatic hydroxyl groups is 1. The van der Waals surface area contributed by atoms with E-state index in [1.165, 1.54) is 4.31 Å². The molecular formula is C13H29N3O3S. The van der Waals surface area contributed by atoms with Crippen molar-refractivity contribution < 1.29 is 13.5 Å². The Labute approximate surface area is 123 Å². The van der Waals surface area contributed by atoms with Crippen LogP contribution < -0.4 is 0 Å². The smallest absolute Gasteiger partial charge is 0.281 e. The first-order valence-corrected chi connectivity index (χ1v) is 8.72. The summed E-state index contributed by atoms with van der Waals surface area (Å²) >= 11 is 0. The van der Waals surface area contributed by atoms with E-state index in [9.17, 15) is 13.5 Å². The lowest BCUT2D eigenvalue weighted by Crippen LogP contribution is -2.54. The lowest BCUT2D eigenvalue weighted by molar-refractivity contribution is 0.0259. The highest BCUT2D eigenvalue weighted by molar-refractivity contribution is 7.86. The van der Waals surface area contributed by atoms with Crippen LogP contribution in [0, 0.1) is 0 Å². The maximum Gasteiger partial charge on any atom is 0.281 e. The summed E-state index contributed by atoms with van der Waals surface area (Å²) in [6.45, 7) is 9.08. The Morgan fingerprint density at radius 3 is 2.20 bits per heavy atom. The minimum absolute atomic E-state index is 0.495. The Morgan fingerprint density at radius 1 is 1.20 bits per heavy atom. The van der Waals surface area contributed by atoms with Gasteiger partial charge in [-0.15, -0.1) is 0 Å². The molecule has 120 valence electrons. The van der Waals surface area contributed by atoms with E-state index < -0.39 is 15.8 Å². The summed E-state index contributed by atoms with van der Waals surface area (Å²) in [5.74, 6) is 0. The van der Waals surface area contributed by atoms with E-state index in [0.717, 1.165) is 12.8 Å². The Balaban J connectivity index is 2.51. The third-order valence-electron chi connectivity index (χ3n) is 3.49. The molecule has 0 aromatic rings. The molecule has 0 aromatic heterocycles. The van der Waals surface area contributed by atoms with Crippen LogP contribution in [0.3, 0.4) is 0 Å². The van der Waals surface area contributed by atoms with Crippen LogP contribution in [-0.4, -0.2) is 79.0 Å². The number of unbranched alkanes of at least 4 members (excludes halogenated alkanes) is 1. The average molecular weight is 307 g/mol. The Morgan fingerprint density at radius 2 is 1.75 bits per heavy atom. The van der Waals surface area contributed by atoms with E-state index >= 15 is 0 Å². The maximum atomic E-state index is 12.4. The highest BCUT2D eigenvalue weighted by atomic mass is 32.2. The lowest BCUT2D eigenvalue weighted by Gasteiger charge is -2.37. The minimum Gasteiger partial charge on any atom is -0.389 e. The average Bonchev–Trinajstić information content (AvgIpc) is 2.34. The molecule has 1 saturated heterocycles. The number of rotatable bonds is 7. The summed E-state index contributed by atoms with van der Waals surface area (Å²) in [5.41, 5.74) is -0.737. The van der Waals surface area contributed by atoms with Gasteiger partial charge in [-0.25, -0.2) is 0 Å². The molecule has 0 aliphatic carbocycles. The topological polar surface area (TPSA) is 64.1 Å². The van der Waals surface area contributed by atoms with Gasteiger partial charge in [-0.2, -0.15) is 17.0 Å². The first-order chi connectivity index (χ1) is 9.16. The highest BCUT2D eigenvalue weighted by Crippen LogP contribution is 2.13. The van der Waals surface area contributed by atoms with Gasteiger partial charge in [-0.1, -0.05) is 13.3 Å². The van der Waals surface area contributed by atoms with Crippen molar-refractivity contribution in [1.29, 1.82) is 0 Å². The van der Waals surface area contributed by atoms with Crippen LogP contribution in [-0.2, 0) is 10.2 Å². The summed E-state index contributed by atoms with van der Waals surface area (Å²) in [7, 11) is -1.68. The minimum atomic E-state index is -3.32. The summed E-state index contributed by atoms with van der Waals surface area (Å²) < 4.78 is 27.7. The predicted molar refractivity (Wildman–Crippen MR) is 80.8 cm³/mol. The van der Waals surface area contributed by atoms with Crippen LogP contribution in [0.4, 0.5) is 0 Å². The zero-order chi connectivity index (χ0) is 15.4. The van der Waals surface area contributed by atoms with Gasteiger partial charge in [-0.05, 0) is 20.3 Å². The normalized spacial score (nSPS) is 19.7. The van der Waals surface area contributed by atoms with Crippen molar-refractivity contribution in [3.8, 4) is 0 Å². The zero-order valence-corrected chi connectivity index (χ0v) is 14.0. The summed E-state index contributed by atoms with van der Waals surface area (Å²) in [6, 6.07) is 0. The van der Waals surface area contributed by atoms with Crippen molar-refractivity contribution in [2.24, 2.45) is 0 Å². The van der Waals surface area contributed by atoms with Gasteiger partial charge in [-0.3, -0.25) is 4.90 Å². The molecule has 0 amide bonds. The van der Waals surface area contributed by atoms with Gasteiger partial charge < -0.3 is 5.11 Å². The molecule has 0 aromatic carbocycles. The predicted octanol–water partition coefficient (Wildman–Crippen LogP) is 0.352. The molecule has 1 aliphatic heterocycles. The van der Waals surface area contributed by atoms with Crippen molar-refractivity contribution >= 4 is 10.2 Å². The van der Waals surface area contributed by atoms with E-state index in [2.05, 4.69) is 11.8 Å². The molecule has 0 unspecified atom stereocenters. The first kappa shape index (κ1) is 17.8. The number of hydrogen-bond donors (Lipinski definition) is 1. The Kier molecular flexibility index (Phi) is 6.40. The van der Waals surface area contributed by atoms with Crippen LogP contribution in [0.2, 0.25) is 0 Å². The maximum absolute atomic E-state index is 12.4. The second kappa shape index (κ2) is 7.17. The van der Waals surface area contributed by atoms with Crippen LogP contribution in [0.15, 0.2) is 0 Å². The van der Waals surface area contributed by atoms with Crippen LogP contribution in [0.5, 0.6) is 0 Å². The molecule has 0 radical (unpaired) electrons. The lowest BCUT2D eigenvalue weighted by atomic mass is 10.1. The summed E-state index contributed by atoms with van der Waals surface area (Å²) in [5, 5.41) is 9.80. The molecule has 1 heterocycles. The fraction of sp³-hybridized carbons (Fsp3) is 1.00. The van der Waals surface area contributed by atoms with Crippen molar-refractivity contribution in [3.63, 3.8) is 0 Å². The highest BCUT2D eigenvalue weighted by Gasteiger charge is 2.31. The van der Waals surface area contributed by atoms with Crippen LogP contribution in [0.25, 0.3) is 0 Å². The Hall–Kier alpha value is -0.210. The van der Waals surface area contributed by atoms with Gasteiger partial charge in [0.15, 0.2) is 0 Å². The van der Waals surface area contributed by atoms with Gasteiger partial charge in [0.1, 0.15) is 0 Å². The molecule has 1 rings (SSSR count). The number of hydrogen-bond acceptors (Lipinski definition) is 4. The second-order valence-corrected chi connectivity index (χ2v) is 8.21. The molecule has 1 fully saturated rings. The van der Waals surface area contributed by atoms with Gasteiger partial charge in [0.25, 0.3) is 10.2 Å². The first-order valence-electron chi connectivity index (χ1n) is 7.33. The summed E-state index contributed by atoms with van der Waals surface area (Å²) in [6.07, 6.45) is 1.87. The number of nitrogens with zero attached hydrogens (tertiary/aromatic N) is 3. The van der Waals surface area contributed by atoms with E-state index in [-0.39, 0.29) is 0 Å². The molecule has 0 saturated carbocycles. The zero-order valence-electron chi connectivity index (χ0n) is 13.2. The molecule has 1 aliphatic rings. The largest absolute Gasteiger partial charge is 0.389 e. The number of β-amino-alcohol motifs (C(OH)–C–C–N with tert-alkyl or cyclic N) is 1. The molecule has 20 heavy (non-hydrogen) atoms. The molecule has 0 spiro atoms. The SMILES string of the molecule is CCCCN(C)S(=O)(=O)N1CCN(CC(C)(C)O)CC1. The molecule has 0 bridgehead atoms. The van der Waals surface area contributed by atoms with E-state index in [0.29, 0.717) is 39.3 Å². The third kappa shape index (κ3) is 5.29. The van der Waals surface area contributed by atoms with Crippen molar-refractivity contribution in [1.82, 2.24) is 13.5 Å². The quantitative estimate of drug-likeness (QED) is 0.737. The molecule has 0 atom stereocenters. The summed E-state index contributed by atoms with van der Waals surface area (Å²) in [4.78, 5) is 2.11. The van der Waals surface area contributed by atoms with Crippen LogP contribution >= 0.6 is 0 Å². The second-order valence-electron chi connectivity index (χ2n) is 6.17. The molecule has 7 heteroatoms.